The predicted octanol–water partition coefficient (Wildman–Crippen LogP) is 1.80. The highest BCUT2D eigenvalue weighted by atomic mass is 32.2. The van der Waals surface area contributed by atoms with E-state index < -0.39 is 10.0 Å². The van der Waals surface area contributed by atoms with Crippen LogP contribution in [0.5, 0.6) is 0 Å². The third-order valence-electron chi connectivity index (χ3n) is 2.97. The van der Waals surface area contributed by atoms with Crippen molar-refractivity contribution in [1.82, 2.24) is 4.72 Å². The lowest BCUT2D eigenvalue weighted by molar-refractivity contribution is 0.588. The second-order valence-corrected chi connectivity index (χ2v) is 6.57. The summed E-state index contributed by atoms with van der Waals surface area (Å²) in [6, 6.07) is 5.42. The van der Waals surface area contributed by atoms with Crippen LogP contribution in [0.1, 0.15) is 27.2 Å². The van der Waals surface area contributed by atoms with Crippen LogP contribution in [-0.4, -0.2) is 28.1 Å². The van der Waals surface area contributed by atoms with Crippen LogP contribution in [0.3, 0.4) is 0 Å². The lowest BCUT2D eigenvalue weighted by atomic mass is 10.2. The number of hydrogen-bond donors (Lipinski definition) is 2. The van der Waals surface area contributed by atoms with E-state index in [1.54, 1.807) is 18.2 Å². The van der Waals surface area contributed by atoms with E-state index in [1.807, 2.05) is 0 Å². The van der Waals surface area contributed by atoms with Gasteiger partial charge in [0.05, 0.1) is 5.69 Å². The van der Waals surface area contributed by atoms with Crippen molar-refractivity contribution in [1.29, 1.82) is 0 Å². The van der Waals surface area contributed by atoms with Crippen LogP contribution in [0.2, 0.25) is 0 Å². The number of benzene rings is 1. The van der Waals surface area contributed by atoms with Crippen molar-refractivity contribution in [3.63, 3.8) is 0 Å². The molecule has 0 atom stereocenters. The highest BCUT2D eigenvalue weighted by Crippen LogP contribution is 2.26. The summed E-state index contributed by atoms with van der Waals surface area (Å²) in [6.45, 7) is 7.22. The largest absolute Gasteiger partial charge is 0.398 e. The molecule has 6 heteroatoms. The number of hydrogen-bond acceptors (Lipinski definition) is 4. The quantitative estimate of drug-likeness (QED) is 0.782. The molecule has 0 heterocycles. The molecule has 1 aromatic carbocycles. The molecule has 0 amide bonds. The van der Waals surface area contributed by atoms with Crippen LogP contribution in [0.25, 0.3) is 0 Å². The van der Waals surface area contributed by atoms with Gasteiger partial charge in [0.25, 0.3) is 0 Å². The number of nitrogens with zero attached hydrogens (tertiary/aromatic N) is 1. The summed E-state index contributed by atoms with van der Waals surface area (Å²) >= 11 is 0. The van der Waals surface area contributed by atoms with Crippen molar-refractivity contribution in [2.24, 2.45) is 0 Å². The fraction of sp³-hybridized carbons (Fsp3) is 0.538. The molecule has 1 aromatic rings. The fourth-order valence-corrected chi connectivity index (χ4v) is 2.83. The second-order valence-electron chi connectivity index (χ2n) is 4.72. The number of anilines is 2. The lowest BCUT2D eigenvalue weighted by Crippen LogP contribution is -2.31. The van der Waals surface area contributed by atoms with Crippen LogP contribution in [-0.2, 0) is 10.0 Å². The Labute approximate surface area is 115 Å². The molecule has 0 bridgehead atoms. The Hall–Kier alpha value is -1.27. The van der Waals surface area contributed by atoms with Gasteiger partial charge in [-0.05, 0) is 45.5 Å². The van der Waals surface area contributed by atoms with Gasteiger partial charge in [-0.1, -0.05) is 6.92 Å². The standard InChI is InChI=1S/C13H23N3O2S/c1-5-8-16(10(2)3)11-6-7-13(12(14)9-11)19(17,18)15-4/h6-7,9-10,15H,5,8,14H2,1-4H3. The van der Waals surface area contributed by atoms with Gasteiger partial charge in [-0.25, -0.2) is 13.1 Å². The smallest absolute Gasteiger partial charge is 0.242 e. The third kappa shape index (κ3) is 3.61. The zero-order chi connectivity index (χ0) is 14.6. The maximum atomic E-state index is 11.8. The topological polar surface area (TPSA) is 75.4 Å². The van der Waals surface area contributed by atoms with Gasteiger partial charge in [-0.15, -0.1) is 0 Å². The molecule has 0 radical (unpaired) electrons. The summed E-state index contributed by atoms with van der Waals surface area (Å²) in [5.41, 5.74) is 7.09. The minimum Gasteiger partial charge on any atom is -0.398 e. The van der Waals surface area contributed by atoms with Gasteiger partial charge in [0.2, 0.25) is 10.0 Å². The second kappa shape index (κ2) is 6.25. The first-order chi connectivity index (χ1) is 8.83. The minimum absolute atomic E-state index is 0.124. The highest BCUT2D eigenvalue weighted by molar-refractivity contribution is 7.89. The summed E-state index contributed by atoms with van der Waals surface area (Å²) in [7, 11) is -2.12. The van der Waals surface area contributed by atoms with Crippen LogP contribution in [0.15, 0.2) is 23.1 Å². The van der Waals surface area contributed by atoms with E-state index in [0.717, 1.165) is 18.7 Å². The Bertz CT molecular complexity index is 527. The summed E-state index contributed by atoms with van der Waals surface area (Å²) in [5.74, 6) is 0. The number of nitrogens with two attached hydrogens (primary N) is 1. The average Bonchev–Trinajstić information content (AvgIpc) is 2.35. The van der Waals surface area contributed by atoms with Crippen molar-refractivity contribution in [3.8, 4) is 0 Å². The van der Waals surface area contributed by atoms with Crippen molar-refractivity contribution in [2.75, 3.05) is 24.2 Å². The molecule has 0 saturated carbocycles. The molecule has 5 nitrogen and oxygen atoms in total. The zero-order valence-corrected chi connectivity index (χ0v) is 12.8. The van der Waals surface area contributed by atoms with Gasteiger partial charge in [0.1, 0.15) is 4.90 Å². The Kier molecular flexibility index (Phi) is 5.20. The van der Waals surface area contributed by atoms with Crippen LogP contribution in [0, 0.1) is 0 Å². The lowest BCUT2D eigenvalue weighted by Gasteiger charge is -2.29. The monoisotopic (exact) mass is 285 g/mol. The number of rotatable bonds is 6. The molecule has 0 unspecified atom stereocenters. The molecular weight excluding hydrogens is 262 g/mol. The SMILES string of the molecule is CCCN(c1ccc(S(=O)(=O)NC)c(N)c1)C(C)C. The van der Waals surface area contributed by atoms with Gasteiger partial charge in [-0.3, -0.25) is 0 Å². The van der Waals surface area contributed by atoms with Crippen molar-refractivity contribution >= 4 is 21.4 Å². The van der Waals surface area contributed by atoms with Gasteiger partial charge < -0.3 is 10.6 Å². The normalized spacial score (nSPS) is 11.8. The molecular formula is C13H23N3O2S. The number of nitrogen functional groups attached to an aromatic ring is 1. The van der Waals surface area contributed by atoms with Crippen molar-refractivity contribution < 1.29 is 8.42 Å². The van der Waals surface area contributed by atoms with E-state index >= 15 is 0 Å². The maximum Gasteiger partial charge on any atom is 0.242 e. The Morgan fingerprint density at radius 3 is 2.42 bits per heavy atom. The van der Waals surface area contributed by atoms with E-state index in [9.17, 15) is 8.42 Å². The third-order valence-corrected chi connectivity index (χ3v) is 4.46. The van der Waals surface area contributed by atoms with Crippen LogP contribution >= 0.6 is 0 Å². The van der Waals surface area contributed by atoms with E-state index in [4.69, 9.17) is 5.73 Å². The minimum atomic E-state index is -3.50. The number of nitrogens with one attached hydrogen (secondary N) is 1. The molecule has 19 heavy (non-hydrogen) atoms. The molecule has 3 N–H and O–H groups in total. The Morgan fingerprint density at radius 1 is 1.37 bits per heavy atom. The molecule has 0 aliphatic rings. The summed E-state index contributed by atoms with van der Waals surface area (Å²) in [6.07, 6.45) is 1.02. The summed E-state index contributed by atoms with van der Waals surface area (Å²) < 4.78 is 25.8. The first-order valence-corrected chi connectivity index (χ1v) is 7.91. The van der Waals surface area contributed by atoms with E-state index in [-0.39, 0.29) is 10.6 Å². The van der Waals surface area contributed by atoms with Crippen LogP contribution < -0.4 is 15.4 Å². The first kappa shape index (κ1) is 15.8. The molecule has 0 saturated heterocycles. The predicted molar refractivity (Wildman–Crippen MR) is 79.9 cm³/mol. The van der Waals surface area contributed by atoms with Gasteiger partial charge in [0.15, 0.2) is 0 Å². The first-order valence-electron chi connectivity index (χ1n) is 6.43. The maximum absolute atomic E-state index is 11.8. The molecule has 0 aromatic heterocycles. The van der Waals surface area contributed by atoms with Gasteiger partial charge >= 0.3 is 0 Å². The molecule has 108 valence electrons. The van der Waals surface area contributed by atoms with Crippen LogP contribution in [0.4, 0.5) is 11.4 Å². The Morgan fingerprint density at radius 2 is 2.00 bits per heavy atom. The highest BCUT2D eigenvalue weighted by Gasteiger charge is 2.17. The molecule has 1 rings (SSSR count). The van der Waals surface area contributed by atoms with E-state index in [2.05, 4.69) is 30.4 Å². The van der Waals surface area contributed by atoms with Gasteiger partial charge in [0, 0.05) is 18.3 Å². The van der Waals surface area contributed by atoms with E-state index in [0.29, 0.717) is 6.04 Å². The Balaban J connectivity index is 3.19. The van der Waals surface area contributed by atoms with Gasteiger partial charge in [-0.2, -0.15) is 0 Å². The van der Waals surface area contributed by atoms with Crippen molar-refractivity contribution in [2.45, 2.75) is 38.1 Å². The average molecular weight is 285 g/mol. The number of sulfonamides is 1. The zero-order valence-electron chi connectivity index (χ0n) is 12.0. The summed E-state index contributed by atoms with van der Waals surface area (Å²) in [5, 5.41) is 0. The fourth-order valence-electron chi connectivity index (χ4n) is 2.00. The molecule has 0 spiro atoms. The molecule has 0 aliphatic carbocycles. The summed E-state index contributed by atoms with van der Waals surface area (Å²) in [4.78, 5) is 2.32. The molecule has 0 aliphatic heterocycles. The van der Waals surface area contributed by atoms with E-state index in [1.165, 1.54) is 7.05 Å². The molecule has 0 fully saturated rings. The van der Waals surface area contributed by atoms with Crippen molar-refractivity contribution in [3.05, 3.63) is 18.2 Å².